The molecule has 3 rings (SSSR count). The van der Waals surface area contributed by atoms with Gasteiger partial charge in [0.2, 0.25) is 0 Å². The van der Waals surface area contributed by atoms with Gasteiger partial charge in [0.15, 0.2) is 0 Å². The largest absolute Gasteiger partial charge is 0.0622 e. The van der Waals surface area contributed by atoms with Crippen LogP contribution in [0.1, 0.15) is 37.0 Å². The molecule has 0 spiro atoms. The molecule has 0 saturated carbocycles. The average Bonchev–Trinajstić information content (AvgIpc) is 2.73. The summed E-state index contributed by atoms with van der Waals surface area (Å²) in [6, 6.07) is 19.3. The molecule has 0 aliphatic heterocycles. The zero-order valence-electron chi connectivity index (χ0n) is 11.5. The molecule has 2 aromatic rings. The quantitative estimate of drug-likeness (QED) is 0.663. The third-order valence-electron chi connectivity index (χ3n) is 3.86. The van der Waals surface area contributed by atoms with Gasteiger partial charge in [-0.3, -0.25) is 0 Å². The van der Waals surface area contributed by atoms with Crippen molar-refractivity contribution in [2.75, 3.05) is 0 Å². The van der Waals surface area contributed by atoms with E-state index >= 15 is 0 Å². The summed E-state index contributed by atoms with van der Waals surface area (Å²) < 4.78 is 0. The lowest BCUT2D eigenvalue weighted by atomic mass is 10.0. The Hall–Kier alpha value is -2.08. The first-order valence-electron chi connectivity index (χ1n) is 6.88. The molecule has 0 atom stereocenters. The number of benzene rings is 2. The van der Waals surface area contributed by atoms with Gasteiger partial charge in [0.1, 0.15) is 0 Å². The van der Waals surface area contributed by atoms with Crippen LogP contribution in [0.15, 0.2) is 60.2 Å². The molecule has 0 radical (unpaired) electrons. The van der Waals surface area contributed by atoms with Crippen LogP contribution in [0.3, 0.4) is 0 Å². The van der Waals surface area contributed by atoms with Gasteiger partial charge >= 0.3 is 0 Å². The minimum Gasteiger partial charge on any atom is -0.0622 e. The van der Waals surface area contributed by atoms with Crippen molar-refractivity contribution in [3.8, 4) is 0 Å². The van der Waals surface area contributed by atoms with Crippen LogP contribution in [0.4, 0.5) is 0 Å². The molecule has 0 N–H and O–H groups in total. The third kappa shape index (κ3) is 2.04. The second-order valence-corrected chi connectivity index (χ2v) is 4.97. The minimum absolute atomic E-state index is 1.09. The molecule has 0 fully saturated rings. The smallest absolute Gasteiger partial charge is 0.0106 e. The fourth-order valence-corrected chi connectivity index (χ4v) is 2.91. The molecule has 1 aliphatic rings. The highest BCUT2D eigenvalue weighted by atomic mass is 14.2. The second kappa shape index (κ2) is 4.89. The molecule has 0 nitrogen and oxygen atoms in total. The van der Waals surface area contributed by atoms with Crippen molar-refractivity contribution < 1.29 is 0 Å². The van der Waals surface area contributed by atoms with E-state index in [1.807, 2.05) is 0 Å². The van der Waals surface area contributed by atoms with E-state index in [1.165, 1.54) is 33.4 Å². The lowest BCUT2D eigenvalue weighted by Crippen LogP contribution is -1.82. The summed E-state index contributed by atoms with van der Waals surface area (Å²) >= 11 is 0. The van der Waals surface area contributed by atoms with E-state index < -0.39 is 0 Å². The molecule has 19 heavy (non-hydrogen) atoms. The van der Waals surface area contributed by atoms with E-state index in [4.69, 9.17) is 0 Å². The average molecular weight is 246 g/mol. The van der Waals surface area contributed by atoms with Gasteiger partial charge in [-0.2, -0.15) is 0 Å². The first-order chi connectivity index (χ1) is 9.31. The van der Waals surface area contributed by atoms with Crippen molar-refractivity contribution in [3.63, 3.8) is 0 Å². The van der Waals surface area contributed by atoms with E-state index in [2.05, 4.69) is 74.5 Å². The summed E-state index contributed by atoms with van der Waals surface area (Å²) in [4.78, 5) is 0. The molecule has 0 saturated heterocycles. The predicted molar refractivity (Wildman–Crippen MR) is 83.6 cm³/mol. The maximum absolute atomic E-state index is 2.30. The Bertz CT molecular complexity index is 657. The fraction of sp³-hybridized carbons (Fsp3) is 0.158. The fourth-order valence-electron chi connectivity index (χ4n) is 2.91. The van der Waals surface area contributed by atoms with Gasteiger partial charge in [-0.25, -0.2) is 0 Å². The number of rotatable bonds is 2. The predicted octanol–water partition coefficient (Wildman–Crippen LogP) is 5.42. The van der Waals surface area contributed by atoms with Crippen molar-refractivity contribution in [3.05, 3.63) is 76.9 Å². The maximum Gasteiger partial charge on any atom is -0.0106 e. The van der Waals surface area contributed by atoms with Crippen LogP contribution in [-0.4, -0.2) is 0 Å². The molecular weight excluding hydrogens is 228 g/mol. The monoisotopic (exact) mass is 246 g/mol. The minimum atomic E-state index is 1.09. The molecule has 0 aromatic heterocycles. The van der Waals surface area contributed by atoms with Crippen molar-refractivity contribution in [2.24, 2.45) is 0 Å². The summed E-state index contributed by atoms with van der Waals surface area (Å²) in [5, 5.41) is 0. The van der Waals surface area contributed by atoms with Crippen LogP contribution < -0.4 is 0 Å². The summed E-state index contributed by atoms with van der Waals surface area (Å²) in [6.45, 7) is 4.48. The zero-order valence-corrected chi connectivity index (χ0v) is 11.5. The Morgan fingerprint density at radius 3 is 2.16 bits per heavy atom. The molecule has 0 bridgehead atoms. The van der Waals surface area contributed by atoms with Gasteiger partial charge < -0.3 is 0 Å². The highest BCUT2D eigenvalue weighted by Crippen LogP contribution is 2.43. The Morgan fingerprint density at radius 1 is 0.842 bits per heavy atom. The van der Waals surface area contributed by atoms with Gasteiger partial charge in [-0.05, 0) is 52.8 Å². The summed E-state index contributed by atoms with van der Waals surface area (Å²) in [5.41, 5.74) is 8.33. The normalized spacial score (nSPS) is 16.0. The van der Waals surface area contributed by atoms with Crippen LogP contribution in [-0.2, 0) is 0 Å². The van der Waals surface area contributed by atoms with Crippen LogP contribution in [0.2, 0.25) is 0 Å². The maximum atomic E-state index is 2.30. The van der Waals surface area contributed by atoms with Crippen molar-refractivity contribution in [2.45, 2.75) is 20.3 Å². The summed E-state index contributed by atoms with van der Waals surface area (Å²) in [7, 11) is 0. The Morgan fingerprint density at radius 2 is 1.47 bits per heavy atom. The molecule has 0 heteroatoms. The van der Waals surface area contributed by atoms with E-state index in [1.54, 1.807) is 0 Å². The molecule has 2 aromatic carbocycles. The van der Waals surface area contributed by atoms with Crippen LogP contribution in [0, 0.1) is 0 Å². The number of hydrogen-bond acceptors (Lipinski definition) is 0. The standard InChI is InChI=1S/C19H18/c1-3-16-14(2)19(13-15-9-5-4-6-10-15)18-12-8-7-11-17(16)18/h4-13H,3H2,1-2H3/b19-13-. The van der Waals surface area contributed by atoms with Crippen molar-refractivity contribution >= 4 is 17.2 Å². The van der Waals surface area contributed by atoms with E-state index in [0.717, 1.165) is 6.42 Å². The van der Waals surface area contributed by atoms with E-state index in [0.29, 0.717) is 0 Å². The second-order valence-electron chi connectivity index (χ2n) is 4.97. The Labute approximate surface area is 115 Å². The van der Waals surface area contributed by atoms with E-state index in [-0.39, 0.29) is 0 Å². The van der Waals surface area contributed by atoms with Gasteiger partial charge in [0.05, 0.1) is 0 Å². The first kappa shape index (κ1) is 12.0. The van der Waals surface area contributed by atoms with Gasteiger partial charge in [0, 0.05) is 0 Å². The van der Waals surface area contributed by atoms with Gasteiger partial charge in [-0.15, -0.1) is 0 Å². The Kier molecular flexibility index (Phi) is 3.08. The van der Waals surface area contributed by atoms with Crippen LogP contribution in [0.25, 0.3) is 17.2 Å². The zero-order chi connectivity index (χ0) is 13.2. The number of fused-ring (bicyclic) bond motifs is 1. The molecule has 94 valence electrons. The topological polar surface area (TPSA) is 0 Å². The van der Waals surface area contributed by atoms with Gasteiger partial charge in [0.25, 0.3) is 0 Å². The van der Waals surface area contributed by atoms with Crippen molar-refractivity contribution in [1.29, 1.82) is 0 Å². The highest BCUT2D eigenvalue weighted by Gasteiger charge is 2.21. The lowest BCUT2D eigenvalue weighted by molar-refractivity contribution is 1.23. The highest BCUT2D eigenvalue weighted by molar-refractivity contribution is 6.05. The first-order valence-corrected chi connectivity index (χ1v) is 6.88. The van der Waals surface area contributed by atoms with Crippen LogP contribution >= 0.6 is 0 Å². The molecule has 1 aliphatic carbocycles. The van der Waals surface area contributed by atoms with E-state index in [9.17, 15) is 0 Å². The van der Waals surface area contributed by atoms with Crippen molar-refractivity contribution in [1.82, 2.24) is 0 Å². The molecular formula is C19H18. The Balaban J connectivity index is 2.17. The molecule has 0 unspecified atom stereocenters. The summed E-state index contributed by atoms with van der Waals surface area (Å²) in [6.07, 6.45) is 3.39. The van der Waals surface area contributed by atoms with Gasteiger partial charge in [-0.1, -0.05) is 61.5 Å². The number of hydrogen-bond donors (Lipinski definition) is 0. The SMILES string of the molecule is CCC1=C(C)/C(=C/c2ccccc2)c2ccccc21. The molecule has 0 heterocycles. The molecule has 0 amide bonds. The lowest BCUT2D eigenvalue weighted by Gasteiger charge is -2.03. The third-order valence-corrected chi connectivity index (χ3v) is 3.86. The van der Waals surface area contributed by atoms with Crippen LogP contribution in [0.5, 0.6) is 0 Å². The summed E-state index contributed by atoms with van der Waals surface area (Å²) in [5.74, 6) is 0. The number of allylic oxidation sites excluding steroid dienone is 3.